The van der Waals surface area contributed by atoms with Gasteiger partial charge >= 0.3 is 0 Å². The normalized spacial score (nSPS) is 13.9. The van der Waals surface area contributed by atoms with Gasteiger partial charge in [0, 0.05) is 24.5 Å². The summed E-state index contributed by atoms with van der Waals surface area (Å²) in [6, 6.07) is 17.2. The first-order valence-corrected chi connectivity index (χ1v) is 10.6. The number of rotatable bonds is 6. The van der Waals surface area contributed by atoms with Gasteiger partial charge in [-0.2, -0.15) is 0 Å². The minimum atomic E-state index is 0.390. The highest BCUT2D eigenvalue weighted by Gasteiger charge is 2.10. The minimum absolute atomic E-state index is 0.390. The Balaban J connectivity index is 2.03. The molecule has 0 fully saturated rings. The molecule has 0 radical (unpaired) electrons. The Labute approximate surface area is 152 Å². The molecule has 2 atom stereocenters. The van der Waals surface area contributed by atoms with Gasteiger partial charge in [-0.25, -0.2) is 0 Å². The van der Waals surface area contributed by atoms with Gasteiger partial charge in [-0.15, -0.1) is 23.5 Å². The maximum absolute atomic E-state index is 3.67. The standard InChI is InChI=1S/C17H18Br2S2/c1-12(18)14-7-3-5-9-16(14)20-11-21-17-10-6-4-8-15(17)13(2)19/h3-10,12-13H,11H2,1-2H3. The second kappa shape index (κ2) is 8.66. The zero-order chi connectivity index (χ0) is 15.2. The summed E-state index contributed by atoms with van der Waals surface area (Å²) in [6.07, 6.45) is 0. The second-order valence-electron chi connectivity index (χ2n) is 4.71. The van der Waals surface area contributed by atoms with E-state index in [9.17, 15) is 0 Å². The predicted octanol–water partition coefficient (Wildman–Crippen LogP) is 7.44. The van der Waals surface area contributed by atoms with Crippen molar-refractivity contribution < 1.29 is 0 Å². The fourth-order valence-electron chi connectivity index (χ4n) is 2.04. The molecule has 0 aromatic heterocycles. The van der Waals surface area contributed by atoms with Gasteiger partial charge in [0.05, 0.1) is 0 Å². The molecule has 2 aromatic carbocycles. The van der Waals surface area contributed by atoms with E-state index >= 15 is 0 Å². The quantitative estimate of drug-likeness (QED) is 0.257. The average Bonchev–Trinajstić information content (AvgIpc) is 2.48. The van der Waals surface area contributed by atoms with Gasteiger partial charge in [-0.1, -0.05) is 68.3 Å². The zero-order valence-corrected chi connectivity index (χ0v) is 16.9. The highest BCUT2D eigenvalue weighted by molar-refractivity contribution is 9.09. The third-order valence-electron chi connectivity index (χ3n) is 3.12. The van der Waals surface area contributed by atoms with Crippen LogP contribution >= 0.6 is 55.4 Å². The van der Waals surface area contributed by atoms with Crippen LogP contribution in [0.4, 0.5) is 0 Å². The summed E-state index contributed by atoms with van der Waals surface area (Å²) in [5.41, 5.74) is 2.73. The summed E-state index contributed by atoms with van der Waals surface area (Å²) < 4.78 is 0. The van der Waals surface area contributed by atoms with Crippen molar-refractivity contribution in [2.24, 2.45) is 0 Å². The van der Waals surface area contributed by atoms with Crippen molar-refractivity contribution in [2.75, 3.05) is 5.08 Å². The van der Waals surface area contributed by atoms with E-state index in [2.05, 4.69) is 94.2 Å². The van der Waals surface area contributed by atoms with E-state index in [1.54, 1.807) is 0 Å². The van der Waals surface area contributed by atoms with Crippen LogP contribution in [-0.2, 0) is 0 Å². The Kier molecular flexibility index (Phi) is 7.20. The Morgan fingerprint density at radius 1 is 0.762 bits per heavy atom. The SMILES string of the molecule is CC(Br)c1ccccc1SCSc1ccccc1C(C)Br. The lowest BCUT2D eigenvalue weighted by Crippen LogP contribution is -1.89. The number of thioether (sulfide) groups is 2. The Morgan fingerprint density at radius 2 is 1.14 bits per heavy atom. The Morgan fingerprint density at radius 3 is 1.52 bits per heavy atom. The summed E-state index contributed by atoms with van der Waals surface area (Å²) in [7, 11) is 0. The number of benzene rings is 2. The average molecular weight is 446 g/mol. The molecule has 0 spiro atoms. The molecule has 112 valence electrons. The largest absolute Gasteiger partial charge is 0.115 e. The molecular formula is C17H18Br2S2. The van der Waals surface area contributed by atoms with E-state index in [-0.39, 0.29) is 0 Å². The first-order valence-electron chi connectivity index (χ1n) is 6.81. The molecule has 2 aromatic rings. The van der Waals surface area contributed by atoms with E-state index < -0.39 is 0 Å². The van der Waals surface area contributed by atoms with Crippen LogP contribution in [-0.4, -0.2) is 5.08 Å². The lowest BCUT2D eigenvalue weighted by atomic mass is 10.2. The number of alkyl halides is 2. The molecule has 2 unspecified atom stereocenters. The van der Waals surface area contributed by atoms with Crippen molar-refractivity contribution in [1.29, 1.82) is 0 Å². The molecule has 21 heavy (non-hydrogen) atoms. The van der Waals surface area contributed by atoms with Gasteiger partial charge in [-0.3, -0.25) is 0 Å². The van der Waals surface area contributed by atoms with Crippen LogP contribution in [0.1, 0.15) is 34.6 Å². The Bertz CT molecular complexity index is 531. The summed E-state index contributed by atoms with van der Waals surface area (Å²) in [6.45, 7) is 4.35. The lowest BCUT2D eigenvalue weighted by molar-refractivity contribution is 1.07. The zero-order valence-electron chi connectivity index (χ0n) is 12.1. The van der Waals surface area contributed by atoms with Crippen LogP contribution in [0.3, 0.4) is 0 Å². The van der Waals surface area contributed by atoms with Crippen LogP contribution < -0.4 is 0 Å². The lowest BCUT2D eigenvalue weighted by Gasteiger charge is -2.13. The molecule has 0 aliphatic heterocycles. The topological polar surface area (TPSA) is 0 Å². The Hall–Kier alpha value is 0.1000. The van der Waals surface area contributed by atoms with Crippen molar-refractivity contribution >= 4 is 55.4 Å². The van der Waals surface area contributed by atoms with E-state index in [1.807, 2.05) is 23.5 Å². The van der Waals surface area contributed by atoms with Gasteiger partial charge in [0.2, 0.25) is 0 Å². The number of hydrogen-bond donors (Lipinski definition) is 0. The van der Waals surface area contributed by atoms with Gasteiger partial charge in [0.1, 0.15) is 0 Å². The van der Waals surface area contributed by atoms with E-state index in [0.717, 1.165) is 5.08 Å². The van der Waals surface area contributed by atoms with Crippen LogP contribution in [0.2, 0.25) is 0 Å². The van der Waals surface area contributed by atoms with Crippen LogP contribution in [0.25, 0.3) is 0 Å². The first-order chi connectivity index (χ1) is 10.1. The minimum Gasteiger partial charge on any atom is -0.115 e. The molecule has 2 rings (SSSR count). The predicted molar refractivity (Wildman–Crippen MR) is 104 cm³/mol. The summed E-state index contributed by atoms with van der Waals surface area (Å²) in [5, 5.41) is 1.02. The van der Waals surface area contributed by atoms with E-state index in [4.69, 9.17) is 0 Å². The van der Waals surface area contributed by atoms with E-state index in [0.29, 0.717) is 9.65 Å². The first kappa shape index (κ1) is 17.5. The molecule has 0 saturated heterocycles. The summed E-state index contributed by atoms with van der Waals surface area (Å²) >= 11 is 11.2. The molecule has 0 nitrogen and oxygen atoms in total. The molecule has 0 bridgehead atoms. The fraction of sp³-hybridized carbons (Fsp3) is 0.294. The fourth-order valence-corrected chi connectivity index (χ4v) is 5.56. The van der Waals surface area contributed by atoms with Gasteiger partial charge in [-0.05, 0) is 37.1 Å². The van der Waals surface area contributed by atoms with Crippen LogP contribution in [0.15, 0.2) is 58.3 Å². The molecular weight excluding hydrogens is 428 g/mol. The van der Waals surface area contributed by atoms with Crippen LogP contribution in [0.5, 0.6) is 0 Å². The molecule has 0 aliphatic rings. The molecule has 0 saturated carbocycles. The smallest absolute Gasteiger partial charge is 0.0486 e. The van der Waals surface area contributed by atoms with Crippen molar-refractivity contribution in [3.63, 3.8) is 0 Å². The van der Waals surface area contributed by atoms with Gasteiger partial charge < -0.3 is 0 Å². The van der Waals surface area contributed by atoms with E-state index in [1.165, 1.54) is 20.9 Å². The molecule has 4 heteroatoms. The van der Waals surface area contributed by atoms with Crippen molar-refractivity contribution in [1.82, 2.24) is 0 Å². The van der Waals surface area contributed by atoms with Crippen molar-refractivity contribution in [3.05, 3.63) is 59.7 Å². The van der Waals surface area contributed by atoms with Gasteiger partial charge in [0.25, 0.3) is 0 Å². The second-order valence-corrected chi connectivity index (χ2v) is 9.86. The van der Waals surface area contributed by atoms with Gasteiger partial charge in [0.15, 0.2) is 0 Å². The highest BCUT2D eigenvalue weighted by Crippen LogP contribution is 2.37. The summed E-state index contributed by atoms with van der Waals surface area (Å²) in [4.78, 5) is 3.50. The number of halogens is 2. The molecule has 0 aliphatic carbocycles. The molecule has 0 amide bonds. The molecule has 0 heterocycles. The van der Waals surface area contributed by atoms with Crippen LogP contribution in [0, 0.1) is 0 Å². The number of hydrogen-bond acceptors (Lipinski definition) is 2. The maximum Gasteiger partial charge on any atom is 0.0486 e. The molecule has 0 N–H and O–H groups in total. The maximum atomic E-state index is 3.67. The summed E-state index contributed by atoms with van der Waals surface area (Å²) in [5.74, 6) is 0. The third kappa shape index (κ3) is 5.05. The monoisotopic (exact) mass is 444 g/mol. The van der Waals surface area contributed by atoms with Crippen molar-refractivity contribution in [2.45, 2.75) is 33.3 Å². The third-order valence-corrected chi connectivity index (χ3v) is 6.42. The van der Waals surface area contributed by atoms with Crippen molar-refractivity contribution in [3.8, 4) is 0 Å². The highest BCUT2D eigenvalue weighted by atomic mass is 79.9.